The molecule has 1 amide bonds. The third-order valence-electron chi connectivity index (χ3n) is 5.79. The van der Waals surface area contributed by atoms with Crippen LogP contribution in [0.5, 0.6) is 5.75 Å². The van der Waals surface area contributed by atoms with Gasteiger partial charge in [-0.2, -0.15) is 0 Å². The molecule has 0 radical (unpaired) electrons. The van der Waals surface area contributed by atoms with Crippen molar-refractivity contribution in [3.8, 4) is 11.4 Å². The second-order valence-electron chi connectivity index (χ2n) is 7.97. The number of likely N-dealkylation sites (tertiary alicyclic amines) is 1. The zero-order chi connectivity index (χ0) is 22.8. The van der Waals surface area contributed by atoms with Gasteiger partial charge in [-0.05, 0) is 68.7 Å². The Balaban J connectivity index is 1.61. The largest absolute Gasteiger partial charge is 0.495 e. The van der Waals surface area contributed by atoms with Gasteiger partial charge in [0, 0.05) is 23.9 Å². The van der Waals surface area contributed by atoms with Crippen molar-refractivity contribution in [1.29, 1.82) is 0 Å². The molecule has 0 unspecified atom stereocenters. The number of nitrogens with zero attached hydrogens (tertiary/aromatic N) is 3. The number of hydrogen-bond acceptors (Lipinski definition) is 3. The fourth-order valence-corrected chi connectivity index (χ4v) is 4.09. The second kappa shape index (κ2) is 8.94. The van der Waals surface area contributed by atoms with Crippen LogP contribution in [-0.4, -0.2) is 34.0 Å². The van der Waals surface area contributed by atoms with Gasteiger partial charge in [0.2, 0.25) is 5.91 Å². The molecule has 32 heavy (non-hydrogen) atoms. The molecule has 1 aromatic heterocycles. The van der Waals surface area contributed by atoms with Crippen LogP contribution in [-0.2, 0) is 4.79 Å². The Bertz CT molecular complexity index is 1190. The van der Waals surface area contributed by atoms with Crippen LogP contribution < -0.4 is 4.74 Å². The van der Waals surface area contributed by atoms with Gasteiger partial charge in [-0.15, -0.1) is 0 Å². The summed E-state index contributed by atoms with van der Waals surface area (Å²) in [4.78, 5) is 19.0. The van der Waals surface area contributed by atoms with Crippen molar-refractivity contribution in [2.75, 3.05) is 13.7 Å². The fraction of sp³-hybridized carbons (Fsp3) is 0.280. The number of rotatable bonds is 5. The zero-order valence-corrected chi connectivity index (χ0v) is 18.3. The summed E-state index contributed by atoms with van der Waals surface area (Å²) in [5.41, 5.74) is 3.39. The summed E-state index contributed by atoms with van der Waals surface area (Å²) in [5.74, 6) is -0.542. The van der Waals surface area contributed by atoms with Crippen LogP contribution in [0.4, 0.5) is 8.78 Å². The van der Waals surface area contributed by atoms with Crippen LogP contribution in [0.1, 0.15) is 42.6 Å². The van der Waals surface area contributed by atoms with Crippen molar-refractivity contribution in [3.63, 3.8) is 0 Å². The lowest BCUT2D eigenvalue weighted by Crippen LogP contribution is -2.39. The number of carbonyl (C=O) groups is 1. The maximum absolute atomic E-state index is 14.3. The molecule has 3 aromatic rings. The first-order valence-corrected chi connectivity index (χ1v) is 10.5. The Hall–Kier alpha value is -3.48. The molecule has 0 N–H and O–H groups in total. The molecule has 1 aliphatic rings. The highest BCUT2D eigenvalue weighted by Gasteiger charge is 2.29. The minimum atomic E-state index is -0.566. The van der Waals surface area contributed by atoms with Crippen LogP contribution in [0, 0.1) is 18.6 Å². The van der Waals surface area contributed by atoms with E-state index in [1.165, 1.54) is 0 Å². The van der Waals surface area contributed by atoms with E-state index in [2.05, 4.69) is 4.98 Å². The summed E-state index contributed by atoms with van der Waals surface area (Å²) < 4.78 is 35.4. The number of amides is 1. The number of methoxy groups -OCH3 is 1. The molecule has 0 spiro atoms. The number of halogens is 2. The number of hydrogen-bond donors (Lipinski definition) is 0. The Kier molecular flexibility index (Phi) is 6.08. The second-order valence-corrected chi connectivity index (χ2v) is 7.97. The van der Waals surface area contributed by atoms with Gasteiger partial charge < -0.3 is 14.2 Å². The quantitative estimate of drug-likeness (QED) is 0.513. The van der Waals surface area contributed by atoms with Crippen LogP contribution in [0.3, 0.4) is 0 Å². The molecule has 1 atom stereocenters. The van der Waals surface area contributed by atoms with Gasteiger partial charge in [0.25, 0.3) is 0 Å². The Labute approximate surface area is 186 Å². The molecule has 7 heteroatoms. The number of aryl methyl sites for hydroxylation is 1. The number of benzene rings is 2. The molecule has 0 bridgehead atoms. The minimum absolute atomic E-state index is 0.166. The monoisotopic (exact) mass is 437 g/mol. The predicted molar refractivity (Wildman–Crippen MR) is 119 cm³/mol. The van der Waals surface area contributed by atoms with Gasteiger partial charge in [-0.3, -0.25) is 4.79 Å². The maximum Gasteiger partial charge on any atom is 0.250 e. The van der Waals surface area contributed by atoms with Gasteiger partial charge in [0.1, 0.15) is 17.4 Å². The highest BCUT2D eigenvalue weighted by molar-refractivity contribution is 5.98. The first-order chi connectivity index (χ1) is 15.4. The molecular formula is C25H25F2N3O2. The lowest BCUT2D eigenvalue weighted by Gasteiger charge is -2.34. The van der Waals surface area contributed by atoms with Crippen LogP contribution in [0.25, 0.3) is 11.8 Å². The number of carbonyl (C=O) groups excluding carboxylic acids is 1. The molecule has 166 valence electrons. The molecule has 5 nitrogen and oxygen atoms in total. The van der Waals surface area contributed by atoms with Crippen LogP contribution in [0.2, 0.25) is 0 Å². The van der Waals surface area contributed by atoms with Gasteiger partial charge in [-0.25, -0.2) is 13.8 Å². The summed E-state index contributed by atoms with van der Waals surface area (Å²) in [6.45, 7) is 4.14. The third kappa shape index (κ3) is 4.28. The van der Waals surface area contributed by atoms with E-state index in [-0.39, 0.29) is 11.5 Å². The standard InChI is InChI=1S/C25H25F2N3O2/c1-16-14-29(15-28-16)23-9-6-18(12-24(23)32-3)11-19-5-4-10-30(25(19)31)17(2)21-13-20(26)7-8-22(21)27/h6-9,11-15,17H,4-5,10H2,1-3H3/t17-/m1/s1. The van der Waals surface area contributed by atoms with Crippen LogP contribution >= 0.6 is 0 Å². The molecule has 2 heterocycles. The third-order valence-corrected chi connectivity index (χ3v) is 5.79. The summed E-state index contributed by atoms with van der Waals surface area (Å²) in [7, 11) is 1.60. The van der Waals surface area contributed by atoms with E-state index in [1.54, 1.807) is 25.3 Å². The number of aromatic nitrogens is 2. The van der Waals surface area contributed by atoms with E-state index in [0.29, 0.717) is 24.3 Å². The van der Waals surface area contributed by atoms with E-state index < -0.39 is 17.7 Å². The van der Waals surface area contributed by atoms with Crippen molar-refractivity contribution in [1.82, 2.24) is 14.5 Å². The number of ether oxygens (including phenoxy) is 1. The summed E-state index contributed by atoms with van der Waals surface area (Å²) >= 11 is 0. The van der Waals surface area contributed by atoms with Gasteiger partial charge >= 0.3 is 0 Å². The average Bonchev–Trinajstić information content (AvgIpc) is 3.22. The van der Waals surface area contributed by atoms with E-state index in [0.717, 1.165) is 41.6 Å². The van der Waals surface area contributed by atoms with Crippen molar-refractivity contribution >= 4 is 12.0 Å². The minimum Gasteiger partial charge on any atom is -0.495 e. The predicted octanol–water partition coefficient (Wildman–Crippen LogP) is 5.23. The summed E-state index contributed by atoms with van der Waals surface area (Å²) in [6, 6.07) is 8.48. The number of imidazole rings is 1. The Morgan fingerprint density at radius 3 is 2.72 bits per heavy atom. The summed E-state index contributed by atoms with van der Waals surface area (Å²) in [5, 5.41) is 0. The van der Waals surface area contributed by atoms with E-state index in [4.69, 9.17) is 4.74 Å². The normalized spacial score (nSPS) is 16.5. The van der Waals surface area contributed by atoms with E-state index in [9.17, 15) is 13.6 Å². The average molecular weight is 437 g/mol. The molecule has 0 saturated carbocycles. The smallest absolute Gasteiger partial charge is 0.250 e. The maximum atomic E-state index is 14.3. The molecule has 0 aliphatic carbocycles. The lowest BCUT2D eigenvalue weighted by molar-refractivity contribution is -0.130. The lowest BCUT2D eigenvalue weighted by atomic mass is 9.97. The molecular weight excluding hydrogens is 412 g/mol. The van der Waals surface area contributed by atoms with E-state index >= 15 is 0 Å². The van der Waals surface area contributed by atoms with Crippen LogP contribution in [0.15, 0.2) is 54.5 Å². The van der Waals surface area contributed by atoms with Crippen molar-refractivity contribution < 1.29 is 18.3 Å². The zero-order valence-electron chi connectivity index (χ0n) is 18.3. The van der Waals surface area contributed by atoms with Crippen molar-refractivity contribution in [3.05, 3.63) is 83.0 Å². The SMILES string of the molecule is COc1cc(C=C2CCCN([C@H](C)c3cc(F)ccc3F)C2=O)ccc1-n1cnc(C)c1. The first-order valence-electron chi connectivity index (χ1n) is 10.5. The van der Waals surface area contributed by atoms with Gasteiger partial charge in [0.15, 0.2) is 0 Å². The van der Waals surface area contributed by atoms with Crippen molar-refractivity contribution in [2.45, 2.75) is 32.7 Å². The van der Waals surface area contributed by atoms with Crippen molar-refractivity contribution in [2.24, 2.45) is 0 Å². The van der Waals surface area contributed by atoms with Gasteiger partial charge in [-0.1, -0.05) is 6.07 Å². The number of piperidine rings is 1. The Morgan fingerprint density at radius 2 is 2.00 bits per heavy atom. The first kappa shape index (κ1) is 21.7. The molecule has 1 fully saturated rings. The van der Waals surface area contributed by atoms with Gasteiger partial charge in [0.05, 0.1) is 30.9 Å². The topological polar surface area (TPSA) is 47.4 Å². The van der Waals surface area contributed by atoms with E-state index in [1.807, 2.05) is 42.0 Å². The highest BCUT2D eigenvalue weighted by atomic mass is 19.1. The fourth-order valence-electron chi connectivity index (χ4n) is 4.09. The molecule has 4 rings (SSSR count). The molecule has 1 saturated heterocycles. The summed E-state index contributed by atoms with van der Waals surface area (Å²) in [6.07, 6.45) is 6.85. The highest BCUT2D eigenvalue weighted by Crippen LogP contribution is 2.31. The molecule has 2 aromatic carbocycles. The Morgan fingerprint density at radius 1 is 1.19 bits per heavy atom. The molecule has 1 aliphatic heterocycles.